The maximum absolute atomic E-state index is 13.5. The first-order chi connectivity index (χ1) is 19.7. The van der Waals surface area contributed by atoms with Crippen LogP contribution in [-0.4, -0.2) is 17.3 Å². The summed E-state index contributed by atoms with van der Waals surface area (Å²) in [4.78, 5) is 38.1. The molecule has 3 nitrogen and oxygen atoms in total. The van der Waals surface area contributed by atoms with Gasteiger partial charge in [-0.3, -0.25) is 14.4 Å². The normalized spacial score (nSPS) is 18.3. The lowest BCUT2D eigenvalue weighted by molar-refractivity contribution is -0.129. The van der Waals surface area contributed by atoms with Crippen molar-refractivity contribution in [1.29, 1.82) is 0 Å². The minimum atomic E-state index is -0.0975. The molecule has 0 N–H and O–H groups in total. The number of ketones is 3. The molecule has 3 heteroatoms. The van der Waals surface area contributed by atoms with Crippen LogP contribution in [0.1, 0.15) is 132 Å². The fourth-order valence-electron chi connectivity index (χ4n) is 7.38. The van der Waals surface area contributed by atoms with E-state index in [1.54, 1.807) is 0 Å². The second-order valence-corrected chi connectivity index (χ2v) is 12.9. The average molecular weight is 559 g/mol. The third kappa shape index (κ3) is 8.97. The van der Waals surface area contributed by atoms with Gasteiger partial charge < -0.3 is 0 Å². The van der Waals surface area contributed by atoms with E-state index in [1.165, 1.54) is 67.7 Å². The van der Waals surface area contributed by atoms with Crippen molar-refractivity contribution in [2.45, 2.75) is 125 Å². The van der Waals surface area contributed by atoms with Gasteiger partial charge in [-0.2, -0.15) is 0 Å². The molecule has 0 radical (unpaired) electrons. The molecule has 0 spiro atoms. The highest BCUT2D eigenvalue weighted by atomic mass is 16.1. The summed E-state index contributed by atoms with van der Waals surface area (Å²) in [5.41, 5.74) is 6.96. The van der Waals surface area contributed by atoms with Crippen LogP contribution in [0.2, 0.25) is 0 Å². The quantitative estimate of drug-likeness (QED) is 0.244. The van der Waals surface area contributed by atoms with Crippen LogP contribution in [-0.2, 0) is 22.4 Å². The Morgan fingerprint density at radius 1 is 0.902 bits per heavy atom. The van der Waals surface area contributed by atoms with Gasteiger partial charge in [-0.05, 0) is 85.1 Å². The molecule has 0 heterocycles. The summed E-state index contributed by atoms with van der Waals surface area (Å²) in [6.07, 6.45) is 12.9. The molecule has 0 saturated heterocycles. The fourth-order valence-corrected chi connectivity index (χ4v) is 7.38. The third-order valence-electron chi connectivity index (χ3n) is 9.17. The van der Waals surface area contributed by atoms with E-state index in [-0.39, 0.29) is 41.5 Å². The smallest absolute Gasteiger partial charge is 0.163 e. The van der Waals surface area contributed by atoms with Crippen molar-refractivity contribution in [3.63, 3.8) is 0 Å². The van der Waals surface area contributed by atoms with Gasteiger partial charge in [0.2, 0.25) is 0 Å². The maximum atomic E-state index is 13.5. The minimum absolute atomic E-state index is 0.0330. The number of benzene rings is 2. The van der Waals surface area contributed by atoms with Crippen LogP contribution in [0, 0.1) is 30.6 Å². The summed E-state index contributed by atoms with van der Waals surface area (Å²) in [6.45, 7) is 12.0. The van der Waals surface area contributed by atoms with Gasteiger partial charge in [0.25, 0.3) is 0 Å². The number of hydrogen-bond acceptors (Lipinski definition) is 3. The number of fused-ring (bicyclic) bond motifs is 1. The van der Waals surface area contributed by atoms with Gasteiger partial charge in [-0.15, -0.1) is 0 Å². The highest BCUT2D eigenvalue weighted by molar-refractivity contribution is 6.02. The van der Waals surface area contributed by atoms with E-state index >= 15 is 0 Å². The topological polar surface area (TPSA) is 51.2 Å². The lowest BCUT2D eigenvalue weighted by Gasteiger charge is -2.32. The molecule has 2 aromatic rings. The fraction of sp³-hybridized carbons (Fsp3) is 0.605. The molecule has 0 amide bonds. The Labute approximate surface area is 249 Å². The molecule has 41 heavy (non-hydrogen) atoms. The van der Waals surface area contributed by atoms with E-state index in [1.807, 2.05) is 0 Å². The lowest BCUT2D eigenvalue weighted by atomic mass is 9.71. The molecule has 4 rings (SSSR count). The second-order valence-electron chi connectivity index (χ2n) is 12.9. The van der Waals surface area contributed by atoms with Gasteiger partial charge in [-0.25, -0.2) is 0 Å². The Bertz CT molecular complexity index is 1150. The van der Waals surface area contributed by atoms with Gasteiger partial charge in [0.05, 0.1) is 6.42 Å². The Morgan fingerprint density at radius 3 is 2.15 bits per heavy atom. The van der Waals surface area contributed by atoms with Gasteiger partial charge in [0.1, 0.15) is 11.6 Å². The van der Waals surface area contributed by atoms with Crippen LogP contribution in [0.3, 0.4) is 0 Å². The lowest BCUT2D eigenvalue weighted by Crippen LogP contribution is -2.30. The first-order valence-electron chi connectivity index (χ1n) is 16.5. The van der Waals surface area contributed by atoms with Crippen molar-refractivity contribution in [1.82, 2.24) is 0 Å². The molecule has 224 valence electrons. The summed E-state index contributed by atoms with van der Waals surface area (Å²) < 4.78 is 0. The van der Waals surface area contributed by atoms with Crippen LogP contribution in [0.25, 0.3) is 11.1 Å². The molecule has 0 aliphatic heterocycles. The summed E-state index contributed by atoms with van der Waals surface area (Å²) in [5.74, 6) is 1.45. The maximum Gasteiger partial charge on any atom is 0.163 e. The van der Waals surface area contributed by atoms with Crippen LogP contribution in [0.15, 0.2) is 36.4 Å². The number of Topliss-reactive ketones (excluding diaryl/α,β-unsaturated/α-hetero) is 3. The Balaban J connectivity index is 0.00000147. The van der Waals surface area contributed by atoms with Crippen molar-refractivity contribution < 1.29 is 14.4 Å². The molecule has 3 atom stereocenters. The SMILES string of the molecule is CCC.CCCC(CC1CC(=O)c2c(C)ccc(-c3ccc(CC4CCCC4)cc3)c2C1)C(CC)C(=O)CC(C)=O. The van der Waals surface area contributed by atoms with Crippen LogP contribution in [0.5, 0.6) is 0 Å². The van der Waals surface area contributed by atoms with Gasteiger partial charge in [0.15, 0.2) is 5.78 Å². The van der Waals surface area contributed by atoms with E-state index in [0.717, 1.165) is 49.1 Å². The monoisotopic (exact) mass is 558 g/mol. The molecule has 3 unspecified atom stereocenters. The van der Waals surface area contributed by atoms with E-state index in [0.29, 0.717) is 6.42 Å². The van der Waals surface area contributed by atoms with E-state index in [9.17, 15) is 14.4 Å². The Hall–Kier alpha value is -2.55. The molecular weight excluding hydrogens is 504 g/mol. The number of hydrogen-bond donors (Lipinski definition) is 0. The zero-order valence-electron chi connectivity index (χ0n) is 26.7. The highest BCUT2D eigenvalue weighted by Crippen LogP contribution is 2.40. The second kappa shape index (κ2) is 16.2. The summed E-state index contributed by atoms with van der Waals surface area (Å²) in [7, 11) is 0. The predicted molar refractivity (Wildman–Crippen MR) is 171 cm³/mol. The predicted octanol–water partition coefficient (Wildman–Crippen LogP) is 9.94. The van der Waals surface area contributed by atoms with Gasteiger partial charge in [0, 0.05) is 17.9 Å². The first kappa shape index (κ1) is 33.0. The van der Waals surface area contributed by atoms with Gasteiger partial charge in [-0.1, -0.05) is 109 Å². The zero-order chi connectivity index (χ0) is 29.9. The van der Waals surface area contributed by atoms with Crippen molar-refractivity contribution in [3.05, 3.63) is 58.7 Å². The van der Waals surface area contributed by atoms with Crippen molar-refractivity contribution >= 4 is 17.3 Å². The number of rotatable bonds is 12. The Morgan fingerprint density at radius 2 is 1.56 bits per heavy atom. The molecule has 0 bridgehead atoms. The molecule has 0 aromatic heterocycles. The third-order valence-corrected chi connectivity index (χ3v) is 9.17. The largest absolute Gasteiger partial charge is 0.300 e. The first-order valence-corrected chi connectivity index (χ1v) is 16.5. The molecule has 1 saturated carbocycles. The van der Waals surface area contributed by atoms with Crippen molar-refractivity contribution in [2.75, 3.05) is 0 Å². The van der Waals surface area contributed by atoms with Crippen LogP contribution in [0.4, 0.5) is 0 Å². The molecular formula is C38H54O3. The molecule has 2 aliphatic carbocycles. The minimum Gasteiger partial charge on any atom is -0.300 e. The van der Waals surface area contributed by atoms with E-state index in [4.69, 9.17) is 0 Å². The van der Waals surface area contributed by atoms with Crippen LogP contribution >= 0.6 is 0 Å². The zero-order valence-corrected chi connectivity index (χ0v) is 26.7. The highest BCUT2D eigenvalue weighted by Gasteiger charge is 2.34. The van der Waals surface area contributed by atoms with E-state index < -0.39 is 0 Å². The number of carbonyl (C=O) groups excluding carboxylic acids is 3. The standard InChI is InChI=1S/C35H46O3.C3H8/c1-5-9-29(30(6-2)33(37)18-24(4)36)20-27-21-32-31(17-12-23(3)35(32)34(38)22-27)28-15-13-26(14-16-28)19-25-10-7-8-11-25;1-3-2/h12-17,25,27,29-30H,5-11,18-22H2,1-4H3;3H2,1-2H3. The van der Waals surface area contributed by atoms with Crippen molar-refractivity contribution in [3.8, 4) is 11.1 Å². The molecule has 2 aromatic carbocycles. The van der Waals surface area contributed by atoms with Crippen LogP contribution < -0.4 is 0 Å². The summed E-state index contributed by atoms with van der Waals surface area (Å²) in [5, 5.41) is 0. The van der Waals surface area contributed by atoms with E-state index in [2.05, 4.69) is 71.0 Å². The summed E-state index contributed by atoms with van der Waals surface area (Å²) in [6, 6.07) is 13.4. The average Bonchev–Trinajstić information content (AvgIpc) is 3.43. The Kier molecular flexibility index (Phi) is 13.0. The van der Waals surface area contributed by atoms with Crippen molar-refractivity contribution in [2.24, 2.45) is 23.7 Å². The summed E-state index contributed by atoms with van der Waals surface area (Å²) >= 11 is 0. The molecule has 1 fully saturated rings. The number of carbonyl (C=O) groups is 3. The van der Waals surface area contributed by atoms with Gasteiger partial charge >= 0.3 is 0 Å². The number of aryl methyl sites for hydroxylation is 1. The molecule has 2 aliphatic rings.